The fourth-order valence-electron chi connectivity index (χ4n) is 5.14. The molecule has 4 rings (SSSR count). The summed E-state index contributed by atoms with van der Waals surface area (Å²) in [5.41, 5.74) is 8.90. The summed E-state index contributed by atoms with van der Waals surface area (Å²) >= 11 is 0. The Morgan fingerprint density at radius 2 is 1.88 bits per heavy atom. The van der Waals surface area contributed by atoms with Crippen LogP contribution in [0.3, 0.4) is 0 Å². The van der Waals surface area contributed by atoms with Crippen LogP contribution in [0.4, 0.5) is 11.4 Å². The molecule has 1 aliphatic heterocycles. The summed E-state index contributed by atoms with van der Waals surface area (Å²) in [5.74, 6) is 0.559. The van der Waals surface area contributed by atoms with Gasteiger partial charge in [0.05, 0.1) is 5.54 Å². The molecule has 2 heteroatoms. The van der Waals surface area contributed by atoms with Gasteiger partial charge in [-0.2, -0.15) is 0 Å². The third-order valence-electron chi connectivity index (χ3n) is 6.52. The van der Waals surface area contributed by atoms with Gasteiger partial charge in [0, 0.05) is 37.4 Å². The lowest BCUT2D eigenvalue weighted by Gasteiger charge is -2.36. The molecule has 126 valence electrons. The van der Waals surface area contributed by atoms with E-state index in [2.05, 4.69) is 80.9 Å². The van der Waals surface area contributed by atoms with E-state index in [1.54, 1.807) is 0 Å². The van der Waals surface area contributed by atoms with Crippen molar-refractivity contribution >= 4 is 11.4 Å². The Hall–Kier alpha value is -1.96. The topological polar surface area (TPSA) is 6.48 Å². The van der Waals surface area contributed by atoms with Gasteiger partial charge in [-0.15, -0.1) is 0 Å². The molecule has 2 aromatic carbocycles. The van der Waals surface area contributed by atoms with E-state index in [0.29, 0.717) is 5.92 Å². The molecule has 2 atom stereocenters. The van der Waals surface area contributed by atoms with Crippen molar-refractivity contribution in [2.75, 3.05) is 29.9 Å². The third-order valence-corrected chi connectivity index (χ3v) is 6.52. The molecule has 0 saturated carbocycles. The number of fused-ring (bicyclic) bond motifs is 5. The predicted molar refractivity (Wildman–Crippen MR) is 103 cm³/mol. The maximum absolute atomic E-state index is 2.54. The summed E-state index contributed by atoms with van der Waals surface area (Å²) in [6, 6.07) is 13.9. The molecule has 1 heterocycles. The van der Waals surface area contributed by atoms with E-state index in [1.807, 2.05) is 0 Å². The first-order chi connectivity index (χ1) is 11.5. The van der Waals surface area contributed by atoms with Gasteiger partial charge in [0.25, 0.3) is 0 Å². The van der Waals surface area contributed by atoms with Gasteiger partial charge in [-0.3, -0.25) is 0 Å². The number of hydrogen-bond acceptors (Lipinski definition) is 2. The Bertz CT molecular complexity index is 791. The fourth-order valence-corrected chi connectivity index (χ4v) is 5.14. The molecule has 0 amide bonds. The number of nitrogens with zero attached hydrogens (tertiary/aromatic N) is 2. The summed E-state index contributed by atoms with van der Waals surface area (Å²) in [7, 11) is 2.28. The minimum Gasteiger partial charge on any atom is -0.372 e. The normalized spacial score (nSPS) is 23.9. The Morgan fingerprint density at radius 3 is 2.58 bits per heavy atom. The molecule has 2 aliphatic rings. The summed E-state index contributed by atoms with van der Waals surface area (Å²) in [5, 5.41) is 0. The first-order valence-corrected chi connectivity index (χ1v) is 9.24. The van der Waals surface area contributed by atoms with Gasteiger partial charge >= 0.3 is 0 Å². The summed E-state index contributed by atoms with van der Waals surface area (Å²) in [6.45, 7) is 11.3. The number of aryl methyl sites for hydroxylation is 1. The minimum atomic E-state index is 0.0889. The van der Waals surface area contributed by atoms with Crippen molar-refractivity contribution in [1.29, 1.82) is 0 Å². The van der Waals surface area contributed by atoms with E-state index in [9.17, 15) is 0 Å². The van der Waals surface area contributed by atoms with Crippen LogP contribution >= 0.6 is 0 Å². The number of hydrogen-bond donors (Lipinski definition) is 0. The third kappa shape index (κ3) is 1.83. The average Bonchev–Trinajstić information content (AvgIpc) is 2.99. The molecule has 0 spiro atoms. The van der Waals surface area contributed by atoms with Crippen molar-refractivity contribution in [3.05, 3.63) is 58.7 Å². The highest BCUT2D eigenvalue weighted by Crippen LogP contribution is 2.59. The smallest absolute Gasteiger partial charge is 0.0697 e. The van der Waals surface area contributed by atoms with Gasteiger partial charge in [-0.05, 0) is 68.5 Å². The van der Waals surface area contributed by atoms with Crippen LogP contribution in [0.25, 0.3) is 0 Å². The van der Waals surface area contributed by atoms with E-state index in [0.717, 1.165) is 19.5 Å². The van der Waals surface area contributed by atoms with Crippen LogP contribution in [0.15, 0.2) is 36.4 Å². The lowest BCUT2D eigenvalue weighted by molar-refractivity contribution is 0.432. The molecule has 2 unspecified atom stereocenters. The lowest BCUT2D eigenvalue weighted by Crippen LogP contribution is -2.38. The number of benzene rings is 2. The van der Waals surface area contributed by atoms with Crippen LogP contribution in [-0.4, -0.2) is 20.1 Å². The zero-order chi connectivity index (χ0) is 17.1. The molecule has 0 bridgehead atoms. The number of anilines is 2. The molecule has 2 nitrogen and oxygen atoms in total. The van der Waals surface area contributed by atoms with E-state index in [1.165, 1.54) is 33.6 Å². The molecule has 0 saturated heterocycles. The van der Waals surface area contributed by atoms with Gasteiger partial charge in [-0.1, -0.05) is 24.3 Å². The SMILES string of the molecule is CCN(CC)c1cc(C)c2c(c1)C1Cc3ccccc3C1(C)N2C. The van der Waals surface area contributed by atoms with Crippen molar-refractivity contribution in [3.8, 4) is 0 Å². The van der Waals surface area contributed by atoms with Gasteiger partial charge in [0.2, 0.25) is 0 Å². The molecule has 0 radical (unpaired) electrons. The first kappa shape index (κ1) is 15.6. The maximum Gasteiger partial charge on any atom is 0.0697 e. The fraction of sp³-hybridized carbons (Fsp3) is 0.455. The molecule has 2 aromatic rings. The standard InChI is InChI=1S/C22H28N2/c1-6-24(7-2)17-12-15(3)21-18(14-17)20-13-16-10-8-9-11-19(16)22(20,4)23(21)5/h8-12,14,20H,6-7,13H2,1-5H3. The first-order valence-electron chi connectivity index (χ1n) is 9.24. The quantitative estimate of drug-likeness (QED) is 0.798. The van der Waals surface area contributed by atoms with Crippen molar-refractivity contribution in [2.24, 2.45) is 0 Å². The second kappa shape index (κ2) is 5.27. The van der Waals surface area contributed by atoms with Crippen molar-refractivity contribution in [3.63, 3.8) is 0 Å². The highest BCUT2D eigenvalue weighted by Gasteiger charge is 2.52. The van der Waals surface area contributed by atoms with Crippen LogP contribution < -0.4 is 9.80 Å². The van der Waals surface area contributed by atoms with E-state index in [-0.39, 0.29) is 5.54 Å². The van der Waals surface area contributed by atoms with E-state index in [4.69, 9.17) is 0 Å². The van der Waals surface area contributed by atoms with E-state index < -0.39 is 0 Å². The molecule has 0 N–H and O–H groups in total. The Balaban J connectivity index is 1.89. The molecule has 1 aliphatic carbocycles. The summed E-state index contributed by atoms with van der Waals surface area (Å²) < 4.78 is 0. The Kier molecular flexibility index (Phi) is 3.42. The van der Waals surface area contributed by atoms with E-state index >= 15 is 0 Å². The summed E-state index contributed by atoms with van der Waals surface area (Å²) in [6.07, 6.45) is 1.16. The van der Waals surface area contributed by atoms with Crippen LogP contribution in [0.1, 0.15) is 48.9 Å². The second-order valence-electron chi connectivity index (χ2n) is 7.49. The maximum atomic E-state index is 2.54. The van der Waals surface area contributed by atoms with Gasteiger partial charge in [0.15, 0.2) is 0 Å². The molecule has 0 fully saturated rings. The van der Waals surface area contributed by atoms with Crippen LogP contribution in [0.5, 0.6) is 0 Å². The average molecular weight is 320 g/mol. The minimum absolute atomic E-state index is 0.0889. The number of rotatable bonds is 3. The Labute approximate surface area is 146 Å². The highest BCUT2D eigenvalue weighted by atomic mass is 15.2. The zero-order valence-electron chi connectivity index (χ0n) is 15.6. The molecule has 24 heavy (non-hydrogen) atoms. The Morgan fingerprint density at radius 1 is 1.17 bits per heavy atom. The predicted octanol–water partition coefficient (Wildman–Crippen LogP) is 4.85. The second-order valence-corrected chi connectivity index (χ2v) is 7.49. The van der Waals surface area contributed by atoms with Gasteiger partial charge in [0.1, 0.15) is 0 Å². The lowest BCUT2D eigenvalue weighted by atomic mass is 9.84. The van der Waals surface area contributed by atoms with Crippen LogP contribution in [0.2, 0.25) is 0 Å². The molecular weight excluding hydrogens is 292 g/mol. The molecular formula is C22H28N2. The van der Waals surface area contributed by atoms with Crippen molar-refractivity contribution in [2.45, 2.75) is 45.6 Å². The zero-order valence-corrected chi connectivity index (χ0v) is 15.6. The van der Waals surface area contributed by atoms with Crippen LogP contribution in [0, 0.1) is 6.92 Å². The summed E-state index contributed by atoms with van der Waals surface area (Å²) in [4.78, 5) is 5.01. The van der Waals surface area contributed by atoms with Gasteiger partial charge in [-0.25, -0.2) is 0 Å². The van der Waals surface area contributed by atoms with Crippen molar-refractivity contribution in [1.82, 2.24) is 0 Å². The van der Waals surface area contributed by atoms with Crippen molar-refractivity contribution < 1.29 is 0 Å². The molecule has 0 aromatic heterocycles. The monoisotopic (exact) mass is 320 g/mol. The van der Waals surface area contributed by atoms with Gasteiger partial charge < -0.3 is 9.80 Å². The number of likely N-dealkylation sites (N-methyl/N-ethyl adjacent to an activating group) is 1. The van der Waals surface area contributed by atoms with Crippen LogP contribution in [-0.2, 0) is 12.0 Å². The largest absolute Gasteiger partial charge is 0.372 e. The highest BCUT2D eigenvalue weighted by molar-refractivity contribution is 5.75.